The molecule has 3 heteroatoms. The average Bonchev–Trinajstić information content (AvgIpc) is 2.72. The molecule has 2 heterocycles. The van der Waals surface area contributed by atoms with E-state index in [1.54, 1.807) is 6.20 Å². The van der Waals surface area contributed by atoms with Crippen molar-refractivity contribution in [2.24, 2.45) is 0 Å². The number of H-pyrrole nitrogens is 1. The number of hydrogen-bond donors (Lipinski definition) is 1. The number of aromatic nitrogens is 2. The highest BCUT2D eigenvalue weighted by Gasteiger charge is 2.07. The number of nitrogens with zero attached hydrogens (tertiary/aromatic N) is 1. The molecular formula is C12H8N2O. The van der Waals surface area contributed by atoms with Crippen LogP contribution in [0.1, 0.15) is 10.4 Å². The molecule has 3 rings (SSSR count). The smallest absolute Gasteiger partial charge is 0.152 e. The van der Waals surface area contributed by atoms with E-state index in [0.29, 0.717) is 5.56 Å². The summed E-state index contributed by atoms with van der Waals surface area (Å²) >= 11 is 0. The maximum atomic E-state index is 10.9. The van der Waals surface area contributed by atoms with Crippen LogP contribution in [0, 0.1) is 0 Å². The Hall–Kier alpha value is -2.16. The third-order valence-corrected chi connectivity index (χ3v) is 2.58. The number of hydrogen-bond acceptors (Lipinski definition) is 2. The Kier molecular flexibility index (Phi) is 1.59. The van der Waals surface area contributed by atoms with Crippen LogP contribution < -0.4 is 0 Å². The fourth-order valence-corrected chi connectivity index (χ4v) is 1.89. The largest absolute Gasteiger partial charge is 0.361 e. The van der Waals surface area contributed by atoms with Crippen molar-refractivity contribution in [1.82, 2.24) is 9.97 Å². The van der Waals surface area contributed by atoms with Crippen molar-refractivity contribution in [2.45, 2.75) is 0 Å². The van der Waals surface area contributed by atoms with Gasteiger partial charge in [0.15, 0.2) is 6.29 Å². The average molecular weight is 196 g/mol. The second kappa shape index (κ2) is 2.92. The van der Waals surface area contributed by atoms with Gasteiger partial charge >= 0.3 is 0 Å². The third kappa shape index (κ3) is 1.06. The van der Waals surface area contributed by atoms with Gasteiger partial charge in [0.2, 0.25) is 0 Å². The van der Waals surface area contributed by atoms with Crippen LogP contribution in [0.3, 0.4) is 0 Å². The Bertz CT molecular complexity index is 655. The first-order valence-corrected chi connectivity index (χ1v) is 4.70. The normalized spacial score (nSPS) is 10.9. The van der Waals surface area contributed by atoms with Gasteiger partial charge in [-0.05, 0) is 18.2 Å². The molecule has 1 aromatic carbocycles. The summed E-state index contributed by atoms with van der Waals surface area (Å²) in [7, 11) is 0. The lowest BCUT2D eigenvalue weighted by atomic mass is 10.1. The van der Waals surface area contributed by atoms with E-state index in [0.717, 1.165) is 28.1 Å². The summed E-state index contributed by atoms with van der Waals surface area (Å²) in [4.78, 5) is 18.2. The van der Waals surface area contributed by atoms with E-state index in [4.69, 9.17) is 0 Å². The van der Waals surface area contributed by atoms with Gasteiger partial charge in [0.05, 0.1) is 5.52 Å². The van der Waals surface area contributed by atoms with Gasteiger partial charge in [-0.25, -0.2) is 0 Å². The maximum Gasteiger partial charge on any atom is 0.152 e. The minimum atomic E-state index is 0.648. The van der Waals surface area contributed by atoms with E-state index < -0.39 is 0 Å². The van der Waals surface area contributed by atoms with Crippen molar-refractivity contribution in [3.63, 3.8) is 0 Å². The summed E-state index contributed by atoms with van der Waals surface area (Å²) in [6, 6.07) is 7.80. The zero-order valence-electron chi connectivity index (χ0n) is 7.90. The van der Waals surface area contributed by atoms with Crippen LogP contribution in [-0.4, -0.2) is 16.3 Å². The summed E-state index contributed by atoms with van der Waals surface area (Å²) in [6.07, 6.45) is 4.33. The van der Waals surface area contributed by atoms with Gasteiger partial charge in [0.25, 0.3) is 0 Å². The minimum Gasteiger partial charge on any atom is -0.361 e. The first-order valence-electron chi connectivity index (χ1n) is 4.70. The second-order valence-corrected chi connectivity index (χ2v) is 3.42. The fraction of sp³-hybridized carbons (Fsp3) is 0. The molecule has 0 saturated carbocycles. The van der Waals surface area contributed by atoms with Crippen molar-refractivity contribution < 1.29 is 4.79 Å². The Morgan fingerprint density at radius 3 is 3.07 bits per heavy atom. The van der Waals surface area contributed by atoms with Gasteiger partial charge in [0, 0.05) is 34.2 Å². The summed E-state index contributed by atoms with van der Waals surface area (Å²) in [5, 5.41) is 1.97. The van der Waals surface area contributed by atoms with Crippen LogP contribution in [0.25, 0.3) is 21.8 Å². The number of carbonyl (C=O) groups excluding carboxylic acids is 1. The predicted octanol–water partition coefficient (Wildman–Crippen LogP) is 2.53. The molecule has 72 valence electrons. The zero-order valence-corrected chi connectivity index (χ0v) is 7.90. The van der Waals surface area contributed by atoms with Gasteiger partial charge < -0.3 is 4.98 Å². The van der Waals surface area contributed by atoms with Crippen molar-refractivity contribution in [3.05, 3.63) is 42.2 Å². The standard InChI is InChI=1S/C12H8N2O/c15-7-8-6-14-11-4-3-10-9(12(8)11)2-1-5-13-10/h1-7,13H. The highest BCUT2D eigenvalue weighted by atomic mass is 16.1. The maximum absolute atomic E-state index is 10.9. The van der Waals surface area contributed by atoms with Crippen LogP contribution >= 0.6 is 0 Å². The number of benzene rings is 1. The van der Waals surface area contributed by atoms with E-state index >= 15 is 0 Å². The molecule has 15 heavy (non-hydrogen) atoms. The van der Waals surface area contributed by atoms with E-state index in [9.17, 15) is 4.79 Å². The molecule has 0 spiro atoms. The Morgan fingerprint density at radius 2 is 2.20 bits per heavy atom. The Labute approximate surface area is 85.8 Å². The molecule has 0 saturated heterocycles. The number of rotatable bonds is 1. The molecule has 0 bridgehead atoms. The van der Waals surface area contributed by atoms with Crippen LogP contribution in [0.15, 0.2) is 36.7 Å². The molecule has 2 aromatic heterocycles. The Balaban J connectivity index is 2.61. The molecule has 0 unspecified atom stereocenters. The topological polar surface area (TPSA) is 45.8 Å². The van der Waals surface area contributed by atoms with Crippen LogP contribution in [-0.2, 0) is 0 Å². The summed E-state index contributed by atoms with van der Waals surface area (Å²) < 4.78 is 0. The summed E-state index contributed by atoms with van der Waals surface area (Å²) in [6.45, 7) is 0. The van der Waals surface area contributed by atoms with Crippen LogP contribution in [0.4, 0.5) is 0 Å². The quantitative estimate of drug-likeness (QED) is 0.608. The number of aromatic amines is 1. The van der Waals surface area contributed by atoms with Gasteiger partial charge in [0.1, 0.15) is 0 Å². The van der Waals surface area contributed by atoms with Gasteiger partial charge in [-0.2, -0.15) is 0 Å². The zero-order chi connectivity index (χ0) is 10.3. The molecule has 3 aromatic rings. The molecule has 0 atom stereocenters. The van der Waals surface area contributed by atoms with Gasteiger partial charge in [-0.15, -0.1) is 0 Å². The third-order valence-electron chi connectivity index (χ3n) is 2.58. The number of fused-ring (bicyclic) bond motifs is 3. The van der Waals surface area contributed by atoms with Crippen molar-refractivity contribution in [3.8, 4) is 0 Å². The molecular weight excluding hydrogens is 188 g/mol. The van der Waals surface area contributed by atoms with E-state index in [-0.39, 0.29) is 0 Å². The molecule has 0 radical (unpaired) electrons. The number of nitrogens with one attached hydrogen (secondary N) is 1. The Morgan fingerprint density at radius 1 is 1.27 bits per heavy atom. The lowest BCUT2D eigenvalue weighted by Gasteiger charge is -1.99. The molecule has 1 N–H and O–H groups in total. The molecule has 0 aliphatic carbocycles. The van der Waals surface area contributed by atoms with E-state index in [1.807, 2.05) is 30.5 Å². The number of aldehydes is 1. The van der Waals surface area contributed by atoms with Gasteiger partial charge in [-0.3, -0.25) is 9.78 Å². The van der Waals surface area contributed by atoms with Crippen LogP contribution in [0.5, 0.6) is 0 Å². The monoisotopic (exact) mass is 196 g/mol. The summed E-state index contributed by atoms with van der Waals surface area (Å²) in [5.74, 6) is 0. The lowest BCUT2D eigenvalue weighted by molar-refractivity contribution is 0.112. The summed E-state index contributed by atoms with van der Waals surface area (Å²) in [5.41, 5.74) is 2.53. The molecule has 0 aliphatic heterocycles. The molecule has 0 aliphatic rings. The second-order valence-electron chi connectivity index (χ2n) is 3.42. The number of pyridine rings is 1. The highest BCUT2D eigenvalue weighted by Crippen LogP contribution is 2.25. The molecule has 0 amide bonds. The highest BCUT2D eigenvalue weighted by molar-refractivity contribution is 6.12. The number of carbonyl (C=O) groups is 1. The van der Waals surface area contributed by atoms with Gasteiger partial charge in [-0.1, -0.05) is 6.07 Å². The fourth-order valence-electron chi connectivity index (χ4n) is 1.89. The molecule has 0 fully saturated rings. The van der Waals surface area contributed by atoms with Crippen molar-refractivity contribution >= 4 is 28.1 Å². The van der Waals surface area contributed by atoms with E-state index in [2.05, 4.69) is 9.97 Å². The molecule has 3 nitrogen and oxygen atoms in total. The minimum absolute atomic E-state index is 0.648. The van der Waals surface area contributed by atoms with Crippen molar-refractivity contribution in [2.75, 3.05) is 0 Å². The van der Waals surface area contributed by atoms with Crippen LogP contribution in [0.2, 0.25) is 0 Å². The predicted molar refractivity (Wildman–Crippen MR) is 59.0 cm³/mol. The SMILES string of the molecule is O=Cc1cnc2ccc3[nH]cccc3c12. The first-order chi connectivity index (χ1) is 7.40. The van der Waals surface area contributed by atoms with Crippen molar-refractivity contribution in [1.29, 1.82) is 0 Å². The first kappa shape index (κ1) is 8.17. The van der Waals surface area contributed by atoms with E-state index in [1.165, 1.54) is 0 Å². The lowest BCUT2D eigenvalue weighted by Crippen LogP contribution is -1.81.